The third-order valence-corrected chi connectivity index (χ3v) is 9.85. The quantitative estimate of drug-likeness (QED) is 0.376. The molecule has 0 aromatic carbocycles. The fourth-order valence-corrected chi connectivity index (χ4v) is 3.75. The van der Waals surface area contributed by atoms with Crippen LogP contribution in [0, 0.1) is 29.1 Å². The summed E-state index contributed by atoms with van der Waals surface area (Å²) in [5.41, 5.74) is 0.350. The van der Waals surface area contributed by atoms with Crippen LogP contribution in [-0.4, -0.2) is 26.5 Å². The molecule has 0 fully saturated rings. The van der Waals surface area contributed by atoms with Crippen LogP contribution in [0.5, 0.6) is 0 Å². The molecule has 1 aliphatic rings. The number of rotatable bonds is 5. The second kappa shape index (κ2) is 9.54. The van der Waals surface area contributed by atoms with Gasteiger partial charge in [-0.2, -0.15) is 0 Å². The van der Waals surface area contributed by atoms with Gasteiger partial charge in [-0.15, -0.1) is 0 Å². The number of hydrogen-bond donors (Lipinski definition) is 0. The maximum atomic E-state index is 12.0. The molecule has 0 spiro atoms. The molecule has 1 unspecified atom stereocenters. The Hall–Kier alpha value is -1.62. The summed E-state index contributed by atoms with van der Waals surface area (Å²) in [7, 11) is -1.99. The molecule has 0 saturated heterocycles. The molecule has 27 heavy (non-hydrogen) atoms. The molecule has 0 N–H and O–H groups in total. The predicted molar refractivity (Wildman–Crippen MR) is 114 cm³/mol. The van der Waals surface area contributed by atoms with Gasteiger partial charge in [0.1, 0.15) is 6.10 Å². The number of allylic oxidation sites excluding steroid dienone is 2. The first-order valence-corrected chi connectivity index (χ1v) is 12.7. The van der Waals surface area contributed by atoms with Crippen molar-refractivity contribution in [2.45, 2.75) is 91.0 Å². The van der Waals surface area contributed by atoms with E-state index in [2.05, 4.69) is 57.5 Å². The minimum Gasteiger partial charge on any atom is -0.403 e. The van der Waals surface area contributed by atoms with Crippen LogP contribution in [0.15, 0.2) is 11.6 Å². The van der Waals surface area contributed by atoms with Gasteiger partial charge in [0, 0.05) is 11.8 Å². The van der Waals surface area contributed by atoms with Gasteiger partial charge in [0.15, 0.2) is 20.4 Å². The maximum Gasteiger partial charge on any atom is 0.193 e. The van der Waals surface area contributed by atoms with E-state index in [0.717, 1.165) is 25.7 Å². The topological polar surface area (TPSA) is 43.4 Å². The summed E-state index contributed by atoms with van der Waals surface area (Å²) in [6, 6.07) is 0. The molecule has 148 valence electrons. The minimum atomic E-state index is -1.99. The molecule has 4 heteroatoms. The Labute approximate surface area is 166 Å². The van der Waals surface area contributed by atoms with Gasteiger partial charge < -0.3 is 4.43 Å². The smallest absolute Gasteiger partial charge is 0.193 e. The lowest BCUT2D eigenvalue weighted by molar-refractivity contribution is -0.115. The van der Waals surface area contributed by atoms with Crippen molar-refractivity contribution < 1.29 is 14.0 Å². The molecule has 0 bridgehead atoms. The first-order chi connectivity index (χ1) is 12.4. The van der Waals surface area contributed by atoms with Gasteiger partial charge in [0.05, 0.1) is 5.57 Å². The molecule has 0 aromatic rings. The van der Waals surface area contributed by atoms with Crippen LogP contribution >= 0.6 is 0 Å². The second-order valence-electron chi connectivity index (χ2n) is 9.38. The van der Waals surface area contributed by atoms with Gasteiger partial charge in [-0.05, 0) is 63.6 Å². The van der Waals surface area contributed by atoms with Crippen LogP contribution in [0.1, 0.15) is 66.7 Å². The Bertz CT molecular complexity index is 700. The highest BCUT2D eigenvalue weighted by atomic mass is 28.4. The van der Waals surface area contributed by atoms with Crippen molar-refractivity contribution in [3.8, 4) is 23.7 Å². The van der Waals surface area contributed by atoms with E-state index < -0.39 is 8.32 Å². The number of hydrogen-bond acceptors (Lipinski definition) is 3. The molecule has 0 aliphatic heterocycles. The zero-order valence-corrected chi connectivity index (χ0v) is 19.0. The maximum absolute atomic E-state index is 12.0. The van der Waals surface area contributed by atoms with E-state index in [1.54, 1.807) is 0 Å². The second-order valence-corrected chi connectivity index (χ2v) is 14.1. The lowest BCUT2D eigenvalue weighted by atomic mass is 9.87. The SMILES string of the molecule is CC(C)(C#CC=O)CCC(C#CC1=CCCCC1=O)O[Si](C)(C)C(C)(C)C. The Morgan fingerprint density at radius 1 is 1.26 bits per heavy atom. The van der Waals surface area contributed by atoms with E-state index >= 15 is 0 Å². The number of Topliss-reactive ketones (excluding diaryl/α,β-unsaturated/α-hetero) is 1. The van der Waals surface area contributed by atoms with Crippen molar-refractivity contribution in [1.82, 2.24) is 0 Å². The highest BCUT2D eigenvalue weighted by molar-refractivity contribution is 6.74. The molecular weight excluding hydrogens is 352 g/mol. The third-order valence-electron chi connectivity index (χ3n) is 5.37. The largest absolute Gasteiger partial charge is 0.403 e. The van der Waals surface area contributed by atoms with Gasteiger partial charge in [-0.3, -0.25) is 9.59 Å². The van der Waals surface area contributed by atoms with E-state index in [1.165, 1.54) is 0 Å². The number of ketones is 1. The summed E-state index contributed by atoms with van der Waals surface area (Å²) >= 11 is 0. The van der Waals surface area contributed by atoms with Crippen molar-refractivity contribution in [3.05, 3.63) is 11.6 Å². The minimum absolute atomic E-state index is 0.0830. The zero-order chi connectivity index (χ0) is 20.7. The molecule has 1 aliphatic carbocycles. The normalized spacial score (nSPS) is 16.4. The lowest BCUT2D eigenvalue weighted by Gasteiger charge is -2.38. The Morgan fingerprint density at radius 2 is 1.93 bits per heavy atom. The van der Waals surface area contributed by atoms with Crippen LogP contribution in [0.2, 0.25) is 18.1 Å². The fourth-order valence-electron chi connectivity index (χ4n) is 2.51. The first kappa shape index (κ1) is 23.4. The highest BCUT2D eigenvalue weighted by Gasteiger charge is 2.39. The molecule has 0 heterocycles. The third kappa shape index (κ3) is 7.87. The number of carbonyl (C=O) groups is 2. The van der Waals surface area contributed by atoms with E-state index in [1.807, 2.05) is 19.9 Å². The van der Waals surface area contributed by atoms with Crippen LogP contribution in [0.25, 0.3) is 0 Å². The van der Waals surface area contributed by atoms with Crippen LogP contribution in [0.3, 0.4) is 0 Å². The Kier molecular flexibility index (Phi) is 8.27. The van der Waals surface area contributed by atoms with Gasteiger partial charge in [0.2, 0.25) is 0 Å². The average Bonchev–Trinajstić information content (AvgIpc) is 2.55. The van der Waals surface area contributed by atoms with Crippen molar-refractivity contribution >= 4 is 20.4 Å². The van der Waals surface area contributed by atoms with Crippen LogP contribution in [0.4, 0.5) is 0 Å². The fraction of sp³-hybridized carbons (Fsp3) is 0.652. The molecule has 1 rings (SSSR count). The number of aldehydes is 1. The van der Waals surface area contributed by atoms with E-state index in [4.69, 9.17) is 4.43 Å². The monoisotopic (exact) mass is 386 g/mol. The van der Waals surface area contributed by atoms with Gasteiger partial charge in [-0.25, -0.2) is 0 Å². The zero-order valence-electron chi connectivity index (χ0n) is 18.0. The molecular formula is C23H34O3Si. The predicted octanol–water partition coefficient (Wildman–Crippen LogP) is 5.07. The summed E-state index contributed by atoms with van der Waals surface area (Å²) < 4.78 is 6.54. The standard InChI is InChI=1S/C23H34O3Si/c1-22(2,3)27(6,7)26-20(15-17-23(4,5)16-10-18-24)14-13-19-11-8-9-12-21(19)25/h11,18,20H,8-9,12,15,17H2,1-7H3. The molecule has 1 atom stereocenters. The lowest BCUT2D eigenvalue weighted by Crippen LogP contribution is -2.43. The van der Waals surface area contributed by atoms with Gasteiger partial charge in [0.25, 0.3) is 0 Å². The average molecular weight is 387 g/mol. The summed E-state index contributed by atoms with van der Waals surface area (Å²) in [5.74, 6) is 12.0. The first-order valence-electron chi connectivity index (χ1n) is 9.77. The summed E-state index contributed by atoms with van der Waals surface area (Å²) in [4.78, 5) is 22.6. The highest BCUT2D eigenvalue weighted by Crippen LogP contribution is 2.38. The van der Waals surface area contributed by atoms with Crippen molar-refractivity contribution in [2.24, 2.45) is 5.41 Å². The van der Waals surface area contributed by atoms with Crippen molar-refractivity contribution in [1.29, 1.82) is 0 Å². The Balaban J connectivity index is 3.01. The number of carbonyl (C=O) groups excluding carboxylic acids is 2. The van der Waals surface area contributed by atoms with Crippen molar-refractivity contribution in [3.63, 3.8) is 0 Å². The molecule has 0 aromatic heterocycles. The molecule has 0 amide bonds. The summed E-state index contributed by atoms with van der Waals surface area (Å²) in [6.45, 7) is 15.1. The van der Waals surface area contributed by atoms with Crippen LogP contribution in [-0.2, 0) is 14.0 Å². The summed E-state index contributed by atoms with van der Waals surface area (Å²) in [6.07, 6.45) is 6.25. The van der Waals surface area contributed by atoms with Crippen LogP contribution < -0.4 is 0 Å². The van der Waals surface area contributed by atoms with E-state index in [0.29, 0.717) is 18.3 Å². The van der Waals surface area contributed by atoms with Crippen molar-refractivity contribution in [2.75, 3.05) is 0 Å². The molecule has 0 radical (unpaired) electrons. The Morgan fingerprint density at radius 3 is 2.48 bits per heavy atom. The molecule has 3 nitrogen and oxygen atoms in total. The van der Waals surface area contributed by atoms with Gasteiger partial charge >= 0.3 is 0 Å². The van der Waals surface area contributed by atoms with E-state index in [9.17, 15) is 9.59 Å². The van der Waals surface area contributed by atoms with E-state index in [-0.39, 0.29) is 22.3 Å². The van der Waals surface area contributed by atoms with Gasteiger partial charge in [-0.1, -0.05) is 44.6 Å². The molecule has 0 saturated carbocycles. The summed E-state index contributed by atoms with van der Waals surface area (Å²) in [5, 5.41) is 0.0830.